The smallest absolute Gasteiger partial charge is 0.318 e. The van der Waals surface area contributed by atoms with E-state index < -0.39 is 0 Å². The van der Waals surface area contributed by atoms with E-state index in [9.17, 15) is 9.59 Å². The first-order valence-electron chi connectivity index (χ1n) is 6.70. The van der Waals surface area contributed by atoms with Crippen LogP contribution in [-0.4, -0.2) is 25.5 Å². The molecule has 1 fully saturated rings. The van der Waals surface area contributed by atoms with E-state index in [4.69, 9.17) is 5.73 Å². The lowest BCUT2D eigenvalue weighted by atomic mass is 9.68. The van der Waals surface area contributed by atoms with Crippen molar-refractivity contribution in [1.82, 2.24) is 5.32 Å². The Morgan fingerprint density at radius 1 is 1.15 bits per heavy atom. The number of urea groups is 1. The Morgan fingerprint density at radius 3 is 2.10 bits per heavy atom. The van der Waals surface area contributed by atoms with E-state index in [0.717, 1.165) is 19.3 Å². The van der Waals surface area contributed by atoms with Crippen LogP contribution in [0.15, 0.2) is 24.3 Å². The van der Waals surface area contributed by atoms with Crippen molar-refractivity contribution in [2.75, 3.05) is 24.2 Å². The second kappa shape index (κ2) is 5.92. The van der Waals surface area contributed by atoms with Crippen molar-refractivity contribution in [1.29, 1.82) is 0 Å². The zero-order valence-corrected chi connectivity index (χ0v) is 11.5. The number of benzene rings is 1. The molecular formula is C14H20N4O2. The average molecular weight is 276 g/mol. The minimum atomic E-state index is -0.390. The molecule has 6 heteroatoms. The van der Waals surface area contributed by atoms with Gasteiger partial charge in [0.2, 0.25) is 5.91 Å². The molecule has 0 spiro atoms. The molecule has 108 valence electrons. The maximum absolute atomic E-state index is 12.2. The lowest BCUT2D eigenvalue weighted by Crippen LogP contribution is -2.47. The SMILES string of the molecule is CNC(=O)Nc1ccc(NC(=O)C2(CN)CCC2)cc1. The highest BCUT2D eigenvalue weighted by Gasteiger charge is 2.42. The maximum Gasteiger partial charge on any atom is 0.318 e. The highest BCUT2D eigenvalue weighted by Crippen LogP contribution is 2.40. The van der Waals surface area contributed by atoms with Crippen LogP contribution in [0.5, 0.6) is 0 Å². The van der Waals surface area contributed by atoms with Gasteiger partial charge in [-0.3, -0.25) is 4.79 Å². The Hall–Kier alpha value is -2.08. The molecule has 3 amide bonds. The quantitative estimate of drug-likeness (QED) is 0.671. The van der Waals surface area contributed by atoms with Crippen LogP contribution in [0.3, 0.4) is 0 Å². The monoisotopic (exact) mass is 276 g/mol. The van der Waals surface area contributed by atoms with Crippen molar-refractivity contribution < 1.29 is 9.59 Å². The molecule has 1 aliphatic rings. The molecule has 0 bridgehead atoms. The highest BCUT2D eigenvalue weighted by atomic mass is 16.2. The van der Waals surface area contributed by atoms with E-state index in [1.807, 2.05) is 0 Å². The molecule has 0 atom stereocenters. The molecule has 1 aromatic carbocycles. The first-order chi connectivity index (χ1) is 9.59. The van der Waals surface area contributed by atoms with Gasteiger partial charge in [-0.15, -0.1) is 0 Å². The van der Waals surface area contributed by atoms with Crippen LogP contribution < -0.4 is 21.7 Å². The second-order valence-electron chi connectivity index (χ2n) is 5.07. The van der Waals surface area contributed by atoms with Crippen molar-refractivity contribution in [2.24, 2.45) is 11.1 Å². The van der Waals surface area contributed by atoms with Crippen LogP contribution in [0.2, 0.25) is 0 Å². The van der Waals surface area contributed by atoms with Gasteiger partial charge < -0.3 is 21.7 Å². The normalized spacial score (nSPS) is 15.9. The average Bonchev–Trinajstić information content (AvgIpc) is 2.40. The van der Waals surface area contributed by atoms with Crippen LogP contribution in [0, 0.1) is 5.41 Å². The molecule has 0 saturated heterocycles. The van der Waals surface area contributed by atoms with Crippen molar-refractivity contribution in [2.45, 2.75) is 19.3 Å². The summed E-state index contributed by atoms with van der Waals surface area (Å²) < 4.78 is 0. The van der Waals surface area contributed by atoms with Crippen molar-refractivity contribution >= 4 is 23.3 Å². The molecule has 0 radical (unpaired) electrons. The highest BCUT2D eigenvalue weighted by molar-refractivity contribution is 5.96. The second-order valence-corrected chi connectivity index (χ2v) is 5.07. The number of carbonyl (C=O) groups excluding carboxylic acids is 2. The Kier molecular flexibility index (Phi) is 4.24. The van der Waals surface area contributed by atoms with E-state index in [-0.39, 0.29) is 17.4 Å². The Labute approximate surface area is 118 Å². The lowest BCUT2D eigenvalue weighted by Gasteiger charge is -2.39. The third-order valence-corrected chi connectivity index (χ3v) is 3.81. The zero-order chi connectivity index (χ0) is 14.6. The molecule has 1 aromatic rings. The number of hydrogen-bond donors (Lipinski definition) is 4. The van der Waals surface area contributed by atoms with Crippen molar-refractivity contribution in [3.8, 4) is 0 Å². The number of nitrogens with two attached hydrogens (primary N) is 1. The van der Waals surface area contributed by atoms with Crippen LogP contribution in [0.1, 0.15) is 19.3 Å². The lowest BCUT2D eigenvalue weighted by molar-refractivity contribution is -0.129. The fourth-order valence-corrected chi connectivity index (χ4v) is 2.22. The van der Waals surface area contributed by atoms with Gasteiger partial charge in [0.15, 0.2) is 0 Å². The third-order valence-electron chi connectivity index (χ3n) is 3.81. The van der Waals surface area contributed by atoms with Gasteiger partial charge in [-0.1, -0.05) is 6.42 Å². The molecule has 1 saturated carbocycles. The third kappa shape index (κ3) is 2.91. The van der Waals surface area contributed by atoms with E-state index in [0.29, 0.717) is 17.9 Å². The Balaban J connectivity index is 1.97. The number of hydrogen-bond acceptors (Lipinski definition) is 3. The summed E-state index contributed by atoms with van der Waals surface area (Å²) in [5, 5.41) is 8.01. The minimum Gasteiger partial charge on any atom is -0.341 e. The van der Waals surface area contributed by atoms with Gasteiger partial charge in [0.1, 0.15) is 0 Å². The molecule has 0 heterocycles. The van der Waals surface area contributed by atoms with Crippen LogP contribution in [0.25, 0.3) is 0 Å². The van der Waals surface area contributed by atoms with Crippen molar-refractivity contribution in [3.05, 3.63) is 24.3 Å². The standard InChI is InChI=1S/C14H20N4O2/c1-16-13(20)18-11-5-3-10(4-6-11)17-12(19)14(9-15)7-2-8-14/h3-6H,2,7-9,15H2,1H3,(H,17,19)(H2,16,18,20). The Morgan fingerprint density at radius 2 is 1.70 bits per heavy atom. The van der Waals surface area contributed by atoms with E-state index >= 15 is 0 Å². The fourth-order valence-electron chi connectivity index (χ4n) is 2.22. The number of carbonyl (C=O) groups is 2. The molecule has 0 unspecified atom stereocenters. The van der Waals surface area contributed by atoms with Crippen molar-refractivity contribution in [3.63, 3.8) is 0 Å². The molecule has 0 aliphatic heterocycles. The zero-order valence-electron chi connectivity index (χ0n) is 11.5. The molecule has 6 nitrogen and oxygen atoms in total. The number of anilines is 2. The van der Waals surface area contributed by atoms with Crippen LogP contribution >= 0.6 is 0 Å². The fraction of sp³-hybridized carbons (Fsp3) is 0.429. The summed E-state index contributed by atoms with van der Waals surface area (Å²) in [6.45, 7) is 0.384. The molecular weight excluding hydrogens is 256 g/mol. The predicted octanol–water partition coefficient (Wildman–Crippen LogP) is 1.51. The summed E-state index contributed by atoms with van der Waals surface area (Å²) in [5.74, 6) is -0.0155. The molecule has 20 heavy (non-hydrogen) atoms. The first kappa shape index (κ1) is 14.3. The Bertz CT molecular complexity index is 489. The minimum absolute atomic E-state index is 0.0155. The van der Waals surface area contributed by atoms with Gasteiger partial charge in [-0.05, 0) is 37.1 Å². The number of amides is 3. The van der Waals surface area contributed by atoms with Gasteiger partial charge in [0.25, 0.3) is 0 Å². The van der Waals surface area contributed by atoms with Gasteiger partial charge in [-0.25, -0.2) is 4.79 Å². The number of rotatable bonds is 4. The summed E-state index contributed by atoms with van der Waals surface area (Å²) in [5.41, 5.74) is 6.68. The molecule has 0 aromatic heterocycles. The summed E-state index contributed by atoms with van der Waals surface area (Å²) in [7, 11) is 1.55. The van der Waals surface area contributed by atoms with E-state index in [1.165, 1.54) is 0 Å². The summed E-state index contributed by atoms with van der Waals surface area (Å²) in [6, 6.07) is 6.71. The summed E-state index contributed by atoms with van der Waals surface area (Å²) in [4.78, 5) is 23.3. The first-order valence-corrected chi connectivity index (χ1v) is 6.70. The van der Waals surface area contributed by atoms with Gasteiger partial charge in [0, 0.05) is 25.0 Å². The topological polar surface area (TPSA) is 96.2 Å². The molecule has 2 rings (SSSR count). The van der Waals surface area contributed by atoms with Gasteiger partial charge in [0.05, 0.1) is 5.41 Å². The van der Waals surface area contributed by atoms with E-state index in [1.54, 1.807) is 31.3 Å². The number of nitrogens with one attached hydrogen (secondary N) is 3. The van der Waals surface area contributed by atoms with Gasteiger partial charge >= 0.3 is 6.03 Å². The largest absolute Gasteiger partial charge is 0.341 e. The van der Waals surface area contributed by atoms with Crippen LogP contribution in [-0.2, 0) is 4.79 Å². The predicted molar refractivity (Wildman–Crippen MR) is 78.5 cm³/mol. The molecule has 1 aliphatic carbocycles. The van der Waals surface area contributed by atoms with E-state index in [2.05, 4.69) is 16.0 Å². The van der Waals surface area contributed by atoms with Gasteiger partial charge in [-0.2, -0.15) is 0 Å². The summed E-state index contributed by atoms with van der Waals surface area (Å²) >= 11 is 0. The van der Waals surface area contributed by atoms with Crippen LogP contribution in [0.4, 0.5) is 16.2 Å². The molecule has 5 N–H and O–H groups in total. The summed E-state index contributed by atoms with van der Waals surface area (Å²) in [6.07, 6.45) is 2.76. The maximum atomic E-state index is 12.2.